The van der Waals surface area contributed by atoms with Crippen LogP contribution in [0, 0.1) is 0 Å². The molecule has 0 bridgehead atoms. The minimum Gasteiger partial charge on any atom is -0.508 e. The fourth-order valence-corrected chi connectivity index (χ4v) is 1.55. The van der Waals surface area contributed by atoms with Gasteiger partial charge < -0.3 is 9.84 Å². The van der Waals surface area contributed by atoms with Gasteiger partial charge in [0.1, 0.15) is 18.1 Å². The van der Waals surface area contributed by atoms with Gasteiger partial charge in [-0.3, -0.25) is 0 Å². The number of aromatic hydroxyl groups is 1. The summed E-state index contributed by atoms with van der Waals surface area (Å²) < 4.78 is 42.4. The molecule has 0 radical (unpaired) electrons. The number of alkyl halides is 3. The molecule has 0 fully saturated rings. The van der Waals surface area contributed by atoms with Gasteiger partial charge in [-0.2, -0.15) is 13.2 Å². The van der Waals surface area contributed by atoms with Crippen LogP contribution in [0.2, 0.25) is 0 Å². The molecule has 5 heteroatoms. The van der Waals surface area contributed by atoms with E-state index < -0.39 is 11.7 Å². The highest BCUT2D eigenvalue weighted by Crippen LogP contribution is 2.30. The van der Waals surface area contributed by atoms with E-state index in [9.17, 15) is 18.3 Å². The van der Waals surface area contributed by atoms with Gasteiger partial charge in [-0.1, -0.05) is 12.1 Å². The molecule has 0 spiro atoms. The SMILES string of the molecule is Oc1cccc(COc2ccc(C(F)(F)F)cc2)c1. The molecule has 0 heterocycles. The Hall–Kier alpha value is -2.17. The molecule has 0 saturated carbocycles. The van der Waals surface area contributed by atoms with E-state index in [1.54, 1.807) is 12.1 Å². The van der Waals surface area contributed by atoms with Gasteiger partial charge in [0.2, 0.25) is 0 Å². The topological polar surface area (TPSA) is 29.5 Å². The molecule has 1 N–H and O–H groups in total. The van der Waals surface area contributed by atoms with E-state index in [0.717, 1.165) is 17.7 Å². The third-order valence-corrected chi connectivity index (χ3v) is 2.50. The molecule has 0 aliphatic carbocycles. The second-order valence-electron chi connectivity index (χ2n) is 3.98. The largest absolute Gasteiger partial charge is 0.508 e. The van der Waals surface area contributed by atoms with Crippen molar-refractivity contribution in [1.29, 1.82) is 0 Å². The molecule has 2 rings (SSSR count). The molecule has 0 atom stereocenters. The Kier molecular flexibility index (Phi) is 3.64. The van der Waals surface area contributed by atoms with Crippen molar-refractivity contribution in [3.63, 3.8) is 0 Å². The number of ether oxygens (including phenoxy) is 1. The Balaban J connectivity index is 2.01. The number of hydrogen-bond acceptors (Lipinski definition) is 2. The summed E-state index contributed by atoms with van der Waals surface area (Å²) in [5, 5.41) is 9.26. The predicted octanol–water partition coefficient (Wildman–Crippen LogP) is 3.99. The van der Waals surface area contributed by atoms with Gasteiger partial charge in [-0.05, 0) is 42.0 Å². The monoisotopic (exact) mass is 268 g/mol. The molecular weight excluding hydrogens is 257 g/mol. The summed E-state index contributed by atoms with van der Waals surface area (Å²) in [6.07, 6.45) is -4.34. The summed E-state index contributed by atoms with van der Waals surface area (Å²) in [7, 11) is 0. The lowest BCUT2D eigenvalue weighted by Crippen LogP contribution is -2.04. The standard InChI is InChI=1S/C14H11F3O2/c15-14(16,17)11-4-6-13(7-5-11)19-9-10-2-1-3-12(18)8-10/h1-8,18H,9H2. The van der Waals surface area contributed by atoms with Crippen LogP contribution in [0.3, 0.4) is 0 Å². The minimum atomic E-state index is -4.34. The van der Waals surface area contributed by atoms with Crippen molar-refractivity contribution >= 4 is 0 Å². The molecule has 0 aliphatic rings. The lowest BCUT2D eigenvalue weighted by molar-refractivity contribution is -0.137. The highest BCUT2D eigenvalue weighted by Gasteiger charge is 2.29. The Morgan fingerprint density at radius 1 is 1.00 bits per heavy atom. The highest BCUT2D eigenvalue weighted by molar-refractivity contribution is 5.30. The normalized spacial score (nSPS) is 11.3. The lowest BCUT2D eigenvalue weighted by Gasteiger charge is -2.09. The first-order valence-electron chi connectivity index (χ1n) is 5.53. The number of benzene rings is 2. The third-order valence-electron chi connectivity index (χ3n) is 2.50. The molecular formula is C14H11F3O2. The summed E-state index contributed by atoms with van der Waals surface area (Å²) in [6.45, 7) is 0.180. The zero-order chi connectivity index (χ0) is 13.9. The van der Waals surface area contributed by atoms with Gasteiger partial charge >= 0.3 is 6.18 Å². The fraction of sp³-hybridized carbons (Fsp3) is 0.143. The van der Waals surface area contributed by atoms with Crippen LogP contribution in [-0.2, 0) is 12.8 Å². The number of hydrogen-bond donors (Lipinski definition) is 1. The Bertz CT molecular complexity index is 547. The second-order valence-corrected chi connectivity index (χ2v) is 3.98. The van der Waals surface area contributed by atoms with E-state index in [0.29, 0.717) is 5.75 Å². The molecule has 0 amide bonds. The van der Waals surface area contributed by atoms with Crippen molar-refractivity contribution < 1.29 is 23.0 Å². The average Bonchev–Trinajstić information content (AvgIpc) is 2.36. The van der Waals surface area contributed by atoms with Crippen molar-refractivity contribution in [1.82, 2.24) is 0 Å². The van der Waals surface area contributed by atoms with Crippen molar-refractivity contribution in [3.8, 4) is 11.5 Å². The van der Waals surface area contributed by atoms with Gasteiger partial charge in [0.25, 0.3) is 0 Å². The lowest BCUT2D eigenvalue weighted by atomic mass is 10.2. The van der Waals surface area contributed by atoms with Crippen LogP contribution in [0.15, 0.2) is 48.5 Å². The molecule has 0 saturated heterocycles. The van der Waals surface area contributed by atoms with E-state index in [-0.39, 0.29) is 12.4 Å². The van der Waals surface area contributed by atoms with Crippen LogP contribution >= 0.6 is 0 Å². The van der Waals surface area contributed by atoms with Gasteiger partial charge in [0.15, 0.2) is 0 Å². The molecule has 0 unspecified atom stereocenters. The molecule has 2 aromatic rings. The van der Waals surface area contributed by atoms with Crippen LogP contribution in [0.5, 0.6) is 11.5 Å². The second kappa shape index (κ2) is 5.22. The van der Waals surface area contributed by atoms with Gasteiger partial charge in [-0.25, -0.2) is 0 Å². The highest BCUT2D eigenvalue weighted by atomic mass is 19.4. The molecule has 100 valence electrons. The molecule has 2 nitrogen and oxygen atoms in total. The predicted molar refractivity (Wildman–Crippen MR) is 63.9 cm³/mol. The molecule has 2 aromatic carbocycles. The van der Waals surface area contributed by atoms with Crippen molar-refractivity contribution in [2.45, 2.75) is 12.8 Å². The van der Waals surface area contributed by atoms with Crippen LogP contribution < -0.4 is 4.74 Å². The number of rotatable bonds is 3. The summed E-state index contributed by atoms with van der Waals surface area (Å²) in [6, 6.07) is 11.0. The first-order valence-corrected chi connectivity index (χ1v) is 5.53. The summed E-state index contributed by atoms with van der Waals surface area (Å²) in [5.41, 5.74) is 0.0251. The third kappa shape index (κ3) is 3.64. The smallest absolute Gasteiger partial charge is 0.416 e. The first kappa shape index (κ1) is 13.3. The van der Waals surface area contributed by atoms with E-state index in [1.165, 1.54) is 24.3 Å². The minimum absolute atomic E-state index is 0.119. The van der Waals surface area contributed by atoms with E-state index in [2.05, 4.69) is 0 Å². The number of halogens is 3. The van der Waals surface area contributed by atoms with Crippen molar-refractivity contribution in [2.24, 2.45) is 0 Å². The van der Waals surface area contributed by atoms with Gasteiger partial charge in [0, 0.05) is 0 Å². The Labute approximate surface area is 108 Å². The summed E-state index contributed by atoms with van der Waals surface area (Å²) in [5.74, 6) is 0.463. The zero-order valence-electron chi connectivity index (χ0n) is 9.82. The summed E-state index contributed by atoms with van der Waals surface area (Å²) in [4.78, 5) is 0. The maximum atomic E-state index is 12.3. The van der Waals surface area contributed by atoms with Crippen LogP contribution in [-0.4, -0.2) is 5.11 Å². The van der Waals surface area contributed by atoms with Crippen molar-refractivity contribution in [3.05, 3.63) is 59.7 Å². The summed E-state index contributed by atoms with van der Waals surface area (Å²) >= 11 is 0. The maximum absolute atomic E-state index is 12.3. The molecule has 19 heavy (non-hydrogen) atoms. The fourth-order valence-electron chi connectivity index (χ4n) is 1.55. The number of phenolic OH excluding ortho intramolecular Hbond substituents is 1. The van der Waals surface area contributed by atoms with Crippen molar-refractivity contribution in [2.75, 3.05) is 0 Å². The Morgan fingerprint density at radius 3 is 2.26 bits per heavy atom. The van der Waals surface area contributed by atoms with Gasteiger partial charge in [-0.15, -0.1) is 0 Å². The van der Waals surface area contributed by atoms with Gasteiger partial charge in [0.05, 0.1) is 5.56 Å². The van der Waals surface area contributed by atoms with Crippen LogP contribution in [0.1, 0.15) is 11.1 Å². The Morgan fingerprint density at radius 2 is 1.68 bits per heavy atom. The van der Waals surface area contributed by atoms with E-state index in [1.807, 2.05) is 0 Å². The molecule has 0 aromatic heterocycles. The average molecular weight is 268 g/mol. The number of phenols is 1. The maximum Gasteiger partial charge on any atom is 0.416 e. The quantitative estimate of drug-likeness (QED) is 0.912. The van der Waals surface area contributed by atoms with Crippen LogP contribution in [0.25, 0.3) is 0 Å². The van der Waals surface area contributed by atoms with Crippen LogP contribution in [0.4, 0.5) is 13.2 Å². The van der Waals surface area contributed by atoms with E-state index >= 15 is 0 Å². The zero-order valence-corrected chi connectivity index (χ0v) is 9.82. The first-order chi connectivity index (χ1) is 8.95. The van der Waals surface area contributed by atoms with E-state index in [4.69, 9.17) is 4.74 Å². The molecule has 0 aliphatic heterocycles.